The molecule has 1 saturated heterocycles. The number of hydrogen-bond acceptors (Lipinski definition) is 4. The molecule has 0 aliphatic carbocycles. The first kappa shape index (κ1) is 15.5. The van der Waals surface area contributed by atoms with Gasteiger partial charge in [-0.2, -0.15) is 0 Å². The largest absolute Gasteiger partial charge is 0.465 e. The number of likely N-dealkylation sites (N-methyl/N-ethyl adjacent to an activating group) is 1. The third-order valence-electron chi connectivity index (χ3n) is 4.27. The second-order valence-electron chi connectivity index (χ2n) is 5.79. The molecule has 2 rings (SSSR count). The summed E-state index contributed by atoms with van der Waals surface area (Å²) in [4.78, 5) is 5.10. The van der Waals surface area contributed by atoms with E-state index >= 15 is 0 Å². The van der Waals surface area contributed by atoms with Crippen LogP contribution < -0.4 is 5.32 Å². The molecule has 1 aliphatic rings. The molecule has 1 atom stereocenters. The van der Waals surface area contributed by atoms with Crippen LogP contribution in [0.2, 0.25) is 0 Å². The van der Waals surface area contributed by atoms with Gasteiger partial charge in [0.25, 0.3) is 0 Å². The van der Waals surface area contributed by atoms with Gasteiger partial charge in [0.1, 0.15) is 11.5 Å². The number of piperazine rings is 1. The summed E-state index contributed by atoms with van der Waals surface area (Å²) in [5.41, 5.74) is 1.34. The van der Waals surface area contributed by atoms with E-state index in [2.05, 4.69) is 48.9 Å². The van der Waals surface area contributed by atoms with Crippen molar-refractivity contribution in [2.24, 2.45) is 0 Å². The Morgan fingerprint density at radius 1 is 1.35 bits per heavy atom. The van der Waals surface area contributed by atoms with Gasteiger partial charge in [0, 0.05) is 37.8 Å². The van der Waals surface area contributed by atoms with Crippen LogP contribution in [0.15, 0.2) is 10.5 Å². The molecular weight excluding hydrogens is 250 g/mol. The number of nitrogens with zero attached hydrogens (tertiary/aromatic N) is 2. The molecule has 1 aromatic heterocycles. The number of rotatable bonds is 6. The van der Waals surface area contributed by atoms with Crippen molar-refractivity contribution in [1.29, 1.82) is 0 Å². The Labute approximate surface area is 123 Å². The van der Waals surface area contributed by atoms with Crippen molar-refractivity contribution in [2.45, 2.75) is 46.8 Å². The van der Waals surface area contributed by atoms with Crippen LogP contribution in [0.1, 0.15) is 37.9 Å². The normalized spacial score (nSPS) is 21.5. The SMILES string of the molecule is CCNCc1cc(CN2CCN(CC)C(C)C2)c(C)o1. The smallest absolute Gasteiger partial charge is 0.118 e. The first-order valence-electron chi connectivity index (χ1n) is 7.89. The molecule has 1 aliphatic heterocycles. The highest BCUT2D eigenvalue weighted by atomic mass is 16.3. The zero-order valence-corrected chi connectivity index (χ0v) is 13.4. The summed E-state index contributed by atoms with van der Waals surface area (Å²) < 4.78 is 5.83. The molecule has 0 bridgehead atoms. The zero-order chi connectivity index (χ0) is 14.5. The molecule has 0 radical (unpaired) electrons. The maximum absolute atomic E-state index is 5.83. The van der Waals surface area contributed by atoms with Crippen LogP contribution in [-0.2, 0) is 13.1 Å². The quantitative estimate of drug-likeness (QED) is 0.865. The minimum absolute atomic E-state index is 0.655. The number of hydrogen-bond donors (Lipinski definition) is 1. The minimum atomic E-state index is 0.655. The average molecular weight is 279 g/mol. The van der Waals surface area contributed by atoms with Crippen molar-refractivity contribution in [1.82, 2.24) is 15.1 Å². The van der Waals surface area contributed by atoms with Gasteiger partial charge in [-0.15, -0.1) is 0 Å². The molecule has 1 unspecified atom stereocenters. The highest BCUT2D eigenvalue weighted by Gasteiger charge is 2.23. The van der Waals surface area contributed by atoms with Crippen molar-refractivity contribution >= 4 is 0 Å². The van der Waals surface area contributed by atoms with E-state index in [-0.39, 0.29) is 0 Å². The standard InChI is InChI=1S/C16H29N3O/c1-5-17-10-16-9-15(14(4)20-16)12-18-7-8-19(6-2)13(3)11-18/h9,13,17H,5-8,10-12H2,1-4H3. The lowest BCUT2D eigenvalue weighted by Gasteiger charge is -2.39. The monoisotopic (exact) mass is 279 g/mol. The van der Waals surface area contributed by atoms with Gasteiger partial charge in [0.05, 0.1) is 6.54 Å². The summed E-state index contributed by atoms with van der Waals surface area (Å²) in [6.45, 7) is 16.2. The maximum atomic E-state index is 5.83. The van der Waals surface area contributed by atoms with E-state index in [1.165, 1.54) is 12.1 Å². The average Bonchev–Trinajstić information content (AvgIpc) is 2.77. The van der Waals surface area contributed by atoms with Gasteiger partial charge >= 0.3 is 0 Å². The highest BCUT2D eigenvalue weighted by Crippen LogP contribution is 2.19. The predicted molar refractivity (Wildman–Crippen MR) is 82.8 cm³/mol. The molecule has 20 heavy (non-hydrogen) atoms. The molecule has 2 heterocycles. The summed E-state index contributed by atoms with van der Waals surface area (Å²) in [6.07, 6.45) is 0. The van der Waals surface area contributed by atoms with E-state index in [9.17, 15) is 0 Å². The second-order valence-corrected chi connectivity index (χ2v) is 5.79. The predicted octanol–water partition coefficient (Wildman–Crippen LogP) is 2.22. The zero-order valence-electron chi connectivity index (χ0n) is 13.4. The van der Waals surface area contributed by atoms with Crippen LogP contribution in [0.25, 0.3) is 0 Å². The van der Waals surface area contributed by atoms with Crippen molar-refractivity contribution in [3.8, 4) is 0 Å². The first-order chi connectivity index (χ1) is 9.63. The summed E-state index contributed by atoms with van der Waals surface area (Å²) in [5.74, 6) is 2.13. The van der Waals surface area contributed by atoms with Gasteiger partial charge in [-0.25, -0.2) is 0 Å². The van der Waals surface area contributed by atoms with E-state index in [0.717, 1.165) is 50.8 Å². The number of nitrogens with one attached hydrogen (secondary N) is 1. The van der Waals surface area contributed by atoms with Crippen molar-refractivity contribution in [3.05, 3.63) is 23.2 Å². The molecule has 0 saturated carbocycles. The lowest BCUT2D eigenvalue weighted by Crippen LogP contribution is -2.51. The van der Waals surface area contributed by atoms with E-state index < -0.39 is 0 Å². The lowest BCUT2D eigenvalue weighted by molar-refractivity contribution is 0.0831. The molecule has 4 nitrogen and oxygen atoms in total. The Kier molecular flexibility index (Phi) is 5.64. The Morgan fingerprint density at radius 2 is 2.15 bits per heavy atom. The van der Waals surface area contributed by atoms with Crippen LogP contribution >= 0.6 is 0 Å². The van der Waals surface area contributed by atoms with Crippen LogP contribution in [0.3, 0.4) is 0 Å². The van der Waals surface area contributed by atoms with Gasteiger partial charge in [0.2, 0.25) is 0 Å². The maximum Gasteiger partial charge on any atom is 0.118 e. The molecule has 4 heteroatoms. The molecule has 1 N–H and O–H groups in total. The third kappa shape index (κ3) is 3.84. The van der Waals surface area contributed by atoms with Crippen LogP contribution in [0, 0.1) is 6.92 Å². The topological polar surface area (TPSA) is 31.6 Å². The fourth-order valence-corrected chi connectivity index (χ4v) is 3.00. The van der Waals surface area contributed by atoms with Crippen LogP contribution in [0.4, 0.5) is 0 Å². The summed E-state index contributed by atoms with van der Waals surface area (Å²) in [7, 11) is 0. The number of aryl methyl sites for hydroxylation is 1. The Morgan fingerprint density at radius 3 is 2.80 bits per heavy atom. The molecule has 0 spiro atoms. The Bertz CT molecular complexity index is 416. The van der Waals surface area contributed by atoms with Crippen molar-refractivity contribution < 1.29 is 4.42 Å². The molecule has 1 aromatic rings. The van der Waals surface area contributed by atoms with Crippen molar-refractivity contribution in [3.63, 3.8) is 0 Å². The molecule has 1 fully saturated rings. The third-order valence-corrected chi connectivity index (χ3v) is 4.27. The summed E-state index contributed by atoms with van der Waals surface area (Å²) in [5, 5.41) is 3.32. The molecular formula is C16H29N3O. The van der Waals surface area contributed by atoms with E-state index in [0.29, 0.717) is 6.04 Å². The summed E-state index contributed by atoms with van der Waals surface area (Å²) >= 11 is 0. The van der Waals surface area contributed by atoms with Gasteiger partial charge < -0.3 is 9.73 Å². The van der Waals surface area contributed by atoms with Crippen molar-refractivity contribution in [2.75, 3.05) is 32.7 Å². The fraction of sp³-hybridized carbons (Fsp3) is 0.750. The molecule has 0 aromatic carbocycles. The first-order valence-corrected chi connectivity index (χ1v) is 7.89. The Hall–Kier alpha value is -0.840. The Balaban J connectivity index is 1.91. The lowest BCUT2D eigenvalue weighted by atomic mass is 10.1. The second kappa shape index (κ2) is 7.25. The number of furan rings is 1. The van der Waals surface area contributed by atoms with Gasteiger partial charge in [-0.05, 0) is 33.0 Å². The van der Waals surface area contributed by atoms with Crippen LogP contribution in [0.5, 0.6) is 0 Å². The van der Waals surface area contributed by atoms with Gasteiger partial charge in [-0.1, -0.05) is 13.8 Å². The van der Waals surface area contributed by atoms with Crippen LogP contribution in [-0.4, -0.2) is 48.6 Å². The molecule has 0 amide bonds. The minimum Gasteiger partial charge on any atom is -0.465 e. The van der Waals surface area contributed by atoms with Gasteiger partial charge in [0.15, 0.2) is 0 Å². The fourth-order valence-electron chi connectivity index (χ4n) is 3.00. The van der Waals surface area contributed by atoms with Gasteiger partial charge in [-0.3, -0.25) is 9.80 Å². The van der Waals surface area contributed by atoms with E-state index in [1.807, 2.05) is 0 Å². The summed E-state index contributed by atoms with van der Waals surface area (Å²) in [6, 6.07) is 2.87. The van der Waals surface area contributed by atoms with E-state index in [4.69, 9.17) is 4.42 Å². The highest BCUT2D eigenvalue weighted by molar-refractivity contribution is 5.21. The molecule has 114 valence electrons. The van der Waals surface area contributed by atoms with E-state index in [1.54, 1.807) is 0 Å².